The van der Waals surface area contributed by atoms with Gasteiger partial charge in [0.1, 0.15) is 5.75 Å². The van der Waals surface area contributed by atoms with Crippen LogP contribution in [0.5, 0.6) is 5.75 Å². The maximum Gasteiger partial charge on any atom is 0.321 e. The molecule has 4 nitrogen and oxygen atoms in total. The van der Waals surface area contributed by atoms with Crippen LogP contribution in [0.4, 0.5) is 10.5 Å². The molecule has 0 heterocycles. The van der Waals surface area contributed by atoms with E-state index in [1.807, 2.05) is 42.5 Å². The highest BCUT2D eigenvalue weighted by Crippen LogP contribution is 2.19. The van der Waals surface area contributed by atoms with E-state index in [9.17, 15) is 4.79 Å². The molecule has 0 atom stereocenters. The maximum absolute atomic E-state index is 12.2. The second-order valence-electron chi connectivity index (χ2n) is 4.61. The van der Waals surface area contributed by atoms with Crippen molar-refractivity contribution in [3.8, 4) is 5.75 Å². The molecule has 0 aliphatic rings. The minimum absolute atomic E-state index is 0.205. The molecule has 2 amide bonds. The van der Waals surface area contributed by atoms with E-state index >= 15 is 0 Å². The highest BCUT2D eigenvalue weighted by atomic mass is 35.5. The molecule has 5 heteroatoms. The molecular formula is C16H17ClN2O2. The van der Waals surface area contributed by atoms with Gasteiger partial charge in [0.05, 0.1) is 7.11 Å². The summed E-state index contributed by atoms with van der Waals surface area (Å²) in [5.74, 6) is 0.696. The number of nitrogens with one attached hydrogen (secondary N) is 1. The van der Waals surface area contributed by atoms with Crippen LogP contribution < -0.4 is 10.1 Å². The van der Waals surface area contributed by atoms with E-state index in [2.05, 4.69) is 5.32 Å². The van der Waals surface area contributed by atoms with Crippen molar-refractivity contribution in [3.05, 3.63) is 59.1 Å². The normalized spacial score (nSPS) is 10.0. The highest BCUT2D eigenvalue weighted by molar-refractivity contribution is 6.31. The average Bonchev–Trinajstić information content (AvgIpc) is 2.49. The van der Waals surface area contributed by atoms with Gasteiger partial charge in [0, 0.05) is 30.4 Å². The van der Waals surface area contributed by atoms with Crippen molar-refractivity contribution in [3.63, 3.8) is 0 Å². The fraction of sp³-hybridized carbons (Fsp3) is 0.188. The van der Waals surface area contributed by atoms with Crippen molar-refractivity contribution in [2.24, 2.45) is 0 Å². The first-order chi connectivity index (χ1) is 10.1. The molecule has 0 saturated heterocycles. The van der Waals surface area contributed by atoms with Gasteiger partial charge in [-0.15, -0.1) is 0 Å². The average molecular weight is 305 g/mol. The van der Waals surface area contributed by atoms with Gasteiger partial charge in [-0.1, -0.05) is 35.9 Å². The van der Waals surface area contributed by atoms with E-state index in [-0.39, 0.29) is 6.03 Å². The van der Waals surface area contributed by atoms with E-state index in [0.29, 0.717) is 23.0 Å². The van der Waals surface area contributed by atoms with E-state index in [0.717, 1.165) is 5.56 Å². The Kier molecular flexibility index (Phi) is 5.06. The molecule has 0 bridgehead atoms. The van der Waals surface area contributed by atoms with Gasteiger partial charge in [-0.25, -0.2) is 4.79 Å². The molecule has 110 valence electrons. The van der Waals surface area contributed by atoms with E-state index in [4.69, 9.17) is 16.3 Å². The highest BCUT2D eigenvalue weighted by Gasteiger charge is 2.11. The van der Waals surface area contributed by atoms with Gasteiger partial charge in [-0.05, 0) is 23.8 Å². The molecule has 0 fully saturated rings. The Labute approximate surface area is 129 Å². The van der Waals surface area contributed by atoms with Crippen LogP contribution in [0, 0.1) is 0 Å². The Morgan fingerprint density at radius 1 is 1.24 bits per heavy atom. The van der Waals surface area contributed by atoms with Crippen LogP contribution in [0.3, 0.4) is 0 Å². The molecule has 2 aromatic rings. The zero-order chi connectivity index (χ0) is 15.2. The van der Waals surface area contributed by atoms with Crippen LogP contribution in [0.2, 0.25) is 5.02 Å². The zero-order valence-electron chi connectivity index (χ0n) is 12.0. The summed E-state index contributed by atoms with van der Waals surface area (Å²) in [5, 5.41) is 3.47. The number of rotatable bonds is 4. The number of hydrogen-bond donors (Lipinski definition) is 1. The molecule has 0 aromatic heterocycles. The monoisotopic (exact) mass is 304 g/mol. The summed E-state index contributed by atoms with van der Waals surface area (Å²) in [4.78, 5) is 13.7. The minimum atomic E-state index is -0.205. The lowest BCUT2D eigenvalue weighted by molar-refractivity contribution is 0.220. The van der Waals surface area contributed by atoms with Crippen molar-refractivity contribution in [2.45, 2.75) is 6.54 Å². The second kappa shape index (κ2) is 6.99. The summed E-state index contributed by atoms with van der Waals surface area (Å²) >= 11 is 6.10. The third kappa shape index (κ3) is 4.13. The second-order valence-corrected chi connectivity index (χ2v) is 5.02. The Balaban J connectivity index is 2.01. The molecule has 0 unspecified atom stereocenters. The number of amides is 2. The van der Waals surface area contributed by atoms with Crippen LogP contribution in [0.25, 0.3) is 0 Å². The predicted octanol–water partition coefficient (Wildman–Crippen LogP) is 4.01. The van der Waals surface area contributed by atoms with Gasteiger partial charge in [-0.2, -0.15) is 0 Å². The Morgan fingerprint density at radius 3 is 2.71 bits per heavy atom. The van der Waals surface area contributed by atoms with Gasteiger partial charge in [0.2, 0.25) is 0 Å². The maximum atomic E-state index is 12.2. The third-order valence-corrected chi connectivity index (χ3v) is 3.40. The van der Waals surface area contributed by atoms with Crippen molar-refractivity contribution < 1.29 is 9.53 Å². The largest absolute Gasteiger partial charge is 0.497 e. The number of benzene rings is 2. The standard InChI is InChI=1S/C16H17ClN2O2/c1-19(11-12-6-3-4-9-15(12)17)16(20)18-13-7-5-8-14(10-13)21-2/h3-10H,11H2,1-2H3,(H,18,20). The summed E-state index contributed by atoms with van der Waals surface area (Å²) in [6.45, 7) is 0.440. The number of hydrogen-bond acceptors (Lipinski definition) is 2. The predicted molar refractivity (Wildman–Crippen MR) is 84.9 cm³/mol. The summed E-state index contributed by atoms with van der Waals surface area (Å²) < 4.78 is 5.13. The molecule has 1 N–H and O–H groups in total. The van der Waals surface area contributed by atoms with Gasteiger partial charge in [0.25, 0.3) is 0 Å². The van der Waals surface area contributed by atoms with Crippen LogP contribution in [0.1, 0.15) is 5.56 Å². The Hall–Kier alpha value is -2.20. The molecule has 0 aliphatic carbocycles. The smallest absolute Gasteiger partial charge is 0.321 e. The number of nitrogens with zero attached hydrogens (tertiary/aromatic N) is 1. The fourth-order valence-electron chi connectivity index (χ4n) is 1.87. The Bertz CT molecular complexity index is 631. The number of carbonyl (C=O) groups is 1. The molecule has 21 heavy (non-hydrogen) atoms. The number of methoxy groups -OCH3 is 1. The Morgan fingerprint density at radius 2 is 2.00 bits per heavy atom. The van der Waals surface area contributed by atoms with Crippen LogP contribution in [0.15, 0.2) is 48.5 Å². The molecular weight excluding hydrogens is 288 g/mol. The molecule has 0 aliphatic heterocycles. The molecule has 0 spiro atoms. The summed E-state index contributed by atoms with van der Waals surface area (Å²) in [6, 6.07) is 14.5. The lowest BCUT2D eigenvalue weighted by Gasteiger charge is -2.19. The van der Waals surface area contributed by atoms with Crippen molar-refractivity contribution in [2.75, 3.05) is 19.5 Å². The fourth-order valence-corrected chi connectivity index (χ4v) is 2.07. The van der Waals surface area contributed by atoms with E-state index in [1.54, 1.807) is 25.1 Å². The number of urea groups is 1. The summed E-state index contributed by atoms with van der Waals surface area (Å²) in [7, 11) is 3.31. The number of anilines is 1. The first-order valence-electron chi connectivity index (χ1n) is 6.49. The number of halogens is 1. The van der Waals surface area contributed by atoms with Crippen molar-refractivity contribution in [1.29, 1.82) is 0 Å². The quantitative estimate of drug-likeness (QED) is 0.927. The van der Waals surface area contributed by atoms with E-state index < -0.39 is 0 Å². The van der Waals surface area contributed by atoms with Crippen molar-refractivity contribution in [1.82, 2.24) is 4.90 Å². The summed E-state index contributed by atoms with van der Waals surface area (Å²) in [5.41, 5.74) is 1.59. The van der Waals surface area contributed by atoms with Gasteiger partial charge in [-0.3, -0.25) is 0 Å². The van der Waals surface area contributed by atoms with Crippen LogP contribution in [-0.2, 0) is 6.54 Å². The lowest BCUT2D eigenvalue weighted by Crippen LogP contribution is -2.30. The van der Waals surface area contributed by atoms with E-state index in [1.165, 1.54) is 0 Å². The topological polar surface area (TPSA) is 41.6 Å². The van der Waals surface area contributed by atoms with Crippen molar-refractivity contribution >= 4 is 23.3 Å². The SMILES string of the molecule is COc1cccc(NC(=O)N(C)Cc2ccccc2Cl)c1. The van der Waals surface area contributed by atoms with Gasteiger partial charge < -0.3 is 15.0 Å². The van der Waals surface area contributed by atoms with Gasteiger partial charge >= 0.3 is 6.03 Å². The third-order valence-electron chi connectivity index (χ3n) is 3.03. The lowest BCUT2D eigenvalue weighted by atomic mass is 10.2. The first kappa shape index (κ1) is 15.2. The number of ether oxygens (including phenoxy) is 1. The first-order valence-corrected chi connectivity index (χ1v) is 6.87. The summed E-state index contributed by atoms with van der Waals surface area (Å²) in [6.07, 6.45) is 0. The molecule has 0 saturated carbocycles. The molecule has 2 aromatic carbocycles. The zero-order valence-corrected chi connectivity index (χ0v) is 12.7. The minimum Gasteiger partial charge on any atom is -0.497 e. The van der Waals surface area contributed by atoms with Gasteiger partial charge in [0.15, 0.2) is 0 Å². The molecule has 2 rings (SSSR count). The van der Waals surface area contributed by atoms with Crippen LogP contribution in [-0.4, -0.2) is 25.1 Å². The van der Waals surface area contributed by atoms with Crippen LogP contribution >= 0.6 is 11.6 Å². The molecule has 0 radical (unpaired) electrons. The number of carbonyl (C=O) groups excluding carboxylic acids is 1.